The molecular weight excluding hydrogens is 116 g/mol. The largest absolute Gasteiger partial charge is 0.303 e. The van der Waals surface area contributed by atoms with Crippen LogP contribution in [0.3, 0.4) is 0 Å². The molecule has 2 nitrogen and oxygen atoms in total. The molecule has 2 heteroatoms. The number of carbonyl (C=O) groups excluding carboxylic acids is 2. The average molecular weight is 128 g/mol. The summed E-state index contributed by atoms with van der Waals surface area (Å²) in [7, 11) is 0. The van der Waals surface area contributed by atoms with E-state index >= 15 is 0 Å². The van der Waals surface area contributed by atoms with Crippen LogP contribution < -0.4 is 0 Å². The molecule has 0 saturated carbocycles. The predicted octanol–water partition coefficient (Wildman–Crippen LogP) is 1.19. The van der Waals surface area contributed by atoms with Gasteiger partial charge in [0.05, 0.1) is 0 Å². The van der Waals surface area contributed by atoms with Gasteiger partial charge in [0.15, 0.2) is 0 Å². The maximum Gasteiger partial charge on any atom is 0.120 e. The molecule has 0 N–H and O–H groups in total. The summed E-state index contributed by atoms with van der Waals surface area (Å²) in [5.74, 6) is 0.368. The summed E-state index contributed by atoms with van der Waals surface area (Å²) in [6.07, 6.45) is 3.78. The number of hydrogen-bond donors (Lipinski definition) is 0. The second-order valence-electron chi connectivity index (χ2n) is 2.25. The molecule has 0 saturated heterocycles. The van der Waals surface area contributed by atoms with Gasteiger partial charge < -0.3 is 9.59 Å². The van der Waals surface area contributed by atoms with E-state index in [9.17, 15) is 9.59 Å². The van der Waals surface area contributed by atoms with E-state index in [1.165, 1.54) is 0 Å². The zero-order chi connectivity index (χ0) is 7.11. The molecule has 0 aromatic carbocycles. The van der Waals surface area contributed by atoms with E-state index in [4.69, 9.17) is 0 Å². The monoisotopic (exact) mass is 128 g/mol. The van der Waals surface area contributed by atoms with Crippen LogP contribution in [0, 0.1) is 5.92 Å². The van der Waals surface area contributed by atoms with E-state index in [1.54, 1.807) is 0 Å². The summed E-state index contributed by atoms with van der Waals surface area (Å²) >= 11 is 0. The first kappa shape index (κ1) is 8.34. The third-order valence-corrected chi connectivity index (χ3v) is 1.28. The van der Waals surface area contributed by atoms with Gasteiger partial charge in [-0.1, -0.05) is 6.92 Å². The lowest BCUT2D eigenvalue weighted by atomic mass is 10.0. The van der Waals surface area contributed by atoms with Gasteiger partial charge >= 0.3 is 0 Å². The third kappa shape index (κ3) is 5.21. The lowest BCUT2D eigenvalue weighted by Gasteiger charge is -2.01. The van der Waals surface area contributed by atoms with Crippen LogP contribution in [-0.2, 0) is 9.59 Å². The predicted molar refractivity (Wildman–Crippen MR) is 35.1 cm³/mol. The maximum atomic E-state index is 9.89. The molecule has 0 spiro atoms. The molecule has 0 aromatic rings. The normalized spacial score (nSPS) is 12.6. The fraction of sp³-hybridized carbons (Fsp3) is 0.714. The van der Waals surface area contributed by atoms with E-state index in [2.05, 4.69) is 0 Å². The van der Waals surface area contributed by atoms with Crippen LogP contribution in [0.4, 0.5) is 0 Å². The van der Waals surface area contributed by atoms with Gasteiger partial charge in [-0.25, -0.2) is 0 Å². The van der Waals surface area contributed by atoms with Crippen molar-refractivity contribution in [3.05, 3.63) is 0 Å². The van der Waals surface area contributed by atoms with E-state index in [1.807, 2.05) is 6.92 Å². The van der Waals surface area contributed by atoms with Gasteiger partial charge in [0.2, 0.25) is 0 Å². The topological polar surface area (TPSA) is 34.1 Å². The first-order valence-electron chi connectivity index (χ1n) is 3.18. The molecule has 0 radical (unpaired) electrons. The van der Waals surface area contributed by atoms with Crippen LogP contribution in [0.25, 0.3) is 0 Å². The molecule has 1 atom stereocenters. The summed E-state index contributed by atoms with van der Waals surface area (Å²) in [4.78, 5) is 19.7. The summed E-state index contributed by atoms with van der Waals surface area (Å²) in [5, 5.41) is 0. The van der Waals surface area contributed by atoms with Gasteiger partial charge in [-0.3, -0.25) is 0 Å². The van der Waals surface area contributed by atoms with Crippen LogP contribution in [0.15, 0.2) is 0 Å². The Morgan fingerprint density at radius 3 is 2.44 bits per heavy atom. The van der Waals surface area contributed by atoms with Crippen LogP contribution in [0.2, 0.25) is 0 Å². The number of rotatable bonds is 5. The van der Waals surface area contributed by atoms with E-state index < -0.39 is 0 Å². The lowest BCUT2D eigenvalue weighted by Crippen LogP contribution is -1.94. The standard InChI is InChI=1S/C7H12O2/c1-7(4-6-9)3-2-5-8/h5-7H,2-4H2,1H3/t7-/m1/s1. The van der Waals surface area contributed by atoms with Crippen LogP contribution >= 0.6 is 0 Å². The van der Waals surface area contributed by atoms with Crippen molar-refractivity contribution in [1.82, 2.24) is 0 Å². The highest BCUT2D eigenvalue weighted by atomic mass is 16.1. The minimum atomic E-state index is 0.368. The van der Waals surface area contributed by atoms with Crippen molar-refractivity contribution < 1.29 is 9.59 Å². The molecule has 0 aliphatic heterocycles. The minimum absolute atomic E-state index is 0.368. The van der Waals surface area contributed by atoms with Crippen molar-refractivity contribution in [2.24, 2.45) is 5.92 Å². The summed E-state index contributed by atoms with van der Waals surface area (Å²) in [6.45, 7) is 1.97. The van der Waals surface area contributed by atoms with Crippen molar-refractivity contribution in [3.63, 3.8) is 0 Å². The molecule has 0 amide bonds. The van der Waals surface area contributed by atoms with Crippen molar-refractivity contribution >= 4 is 12.6 Å². The molecule has 0 aromatic heterocycles. The summed E-state index contributed by atoms with van der Waals surface area (Å²) in [5.41, 5.74) is 0. The van der Waals surface area contributed by atoms with Gasteiger partial charge in [-0.2, -0.15) is 0 Å². The van der Waals surface area contributed by atoms with Gasteiger partial charge in [0.25, 0.3) is 0 Å². The second kappa shape index (κ2) is 5.48. The van der Waals surface area contributed by atoms with Crippen LogP contribution in [0.1, 0.15) is 26.2 Å². The Balaban J connectivity index is 3.14. The van der Waals surface area contributed by atoms with Gasteiger partial charge in [-0.05, 0) is 12.3 Å². The van der Waals surface area contributed by atoms with E-state index in [0.29, 0.717) is 18.8 Å². The zero-order valence-corrected chi connectivity index (χ0v) is 5.67. The van der Waals surface area contributed by atoms with Crippen molar-refractivity contribution in [3.8, 4) is 0 Å². The maximum absolute atomic E-state index is 9.89. The molecule has 0 aliphatic rings. The van der Waals surface area contributed by atoms with Crippen LogP contribution in [-0.4, -0.2) is 12.6 Å². The molecule has 0 bridgehead atoms. The molecule has 0 unspecified atom stereocenters. The average Bonchev–Trinajstić information content (AvgIpc) is 1.85. The lowest BCUT2D eigenvalue weighted by molar-refractivity contribution is -0.110. The number of hydrogen-bond acceptors (Lipinski definition) is 2. The fourth-order valence-corrected chi connectivity index (χ4v) is 0.635. The highest BCUT2D eigenvalue weighted by Gasteiger charge is 1.98. The molecular formula is C7H12O2. The van der Waals surface area contributed by atoms with E-state index in [0.717, 1.165) is 19.0 Å². The highest BCUT2D eigenvalue weighted by Crippen LogP contribution is 2.05. The van der Waals surface area contributed by atoms with Crippen molar-refractivity contribution in [2.75, 3.05) is 0 Å². The Bertz CT molecular complexity index is 88.9. The van der Waals surface area contributed by atoms with Gasteiger partial charge in [0.1, 0.15) is 12.6 Å². The van der Waals surface area contributed by atoms with Crippen LogP contribution in [0.5, 0.6) is 0 Å². The second-order valence-corrected chi connectivity index (χ2v) is 2.25. The Morgan fingerprint density at radius 1 is 1.33 bits per heavy atom. The molecule has 9 heavy (non-hydrogen) atoms. The van der Waals surface area contributed by atoms with Gasteiger partial charge in [-0.15, -0.1) is 0 Å². The quantitative estimate of drug-likeness (QED) is 0.521. The molecule has 52 valence electrons. The SMILES string of the molecule is C[C@@H](CC=O)CCC=O. The summed E-state index contributed by atoms with van der Waals surface area (Å²) in [6, 6.07) is 0. The Labute approximate surface area is 55.3 Å². The molecule has 0 fully saturated rings. The molecule has 0 rings (SSSR count). The van der Waals surface area contributed by atoms with Crippen molar-refractivity contribution in [2.45, 2.75) is 26.2 Å². The minimum Gasteiger partial charge on any atom is -0.303 e. The Morgan fingerprint density at radius 2 is 2.00 bits per heavy atom. The molecule has 0 aliphatic carbocycles. The highest BCUT2D eigenvalue weighted by molar-refractivity contribution is 5.51. The first-order valence-corrected chi connectivity index (χ1v) is 3.18. The van der Waals surface area contributed by atoms with Gasteiger partial charge in [0, 0.05) is 12.8 Å². The fourth-order valence-electron chi connectivity index (χ4n) is 0.635. The smallest absolute Gasteiger partial charge is 0.120 e. The molecule has 0 heterocycles. The zero-order valence-electron chi connectivity index (χ0n) is 5.67. The first-order chi connectivity index (χ1) is 4.31. The number of carbonyl (C=O) groups is 2. The summed E-state index contributed by atoms with van der Waals surface area (Å²) < 4.78 is 0. The number of aldehydes is 2. The Kier molecular flexibility index (Phi) is 5.07. The Hall–Kier alpha value is -0.660. The van der Waals surface area contributed by atoms with E-state index in [-0.39, 0.29) is 0 Å². The van der Waals surface area contributed by atoms with Crippen molar-refractivity contribution in [1.29, 1.82) is 0 Å². The third-order valence-electron chi connectivity index (χ3n) is 1.28.